The molecule has 8 nitrogen and oxygen atoms in total. The van der Waals surface area contributed by atoms with Crippen LogP contribution in [0.4, 0.5) is 5.00 Å². The first-order valence-corrected chi connectivity index (χ1v) is 10.6. The van der Waals surface area contributed by atoms with Crippen LogP contribution in [0.15, 0.2) is 28.9 Å². The molecule has 4 rings (SSSR count). The monoisotopic (exact) mass is 413 g/mol. The number of aryl methyl sites for hydroxylation is 2. The Morgan fingerprint density at radius 3 is 2.97 bits per heavy atom. The summed E-state index contributed by atoms with van der Waals surface area (Å²) in [5.41, 5.74) is 0.818. The molecule has 0 saturated heterocycles. The van der Waals surface area contributed by atoms with Gasteiger partial charge in [-0.15, -0.1) is 21.5 Å². The molecule has 1 aliphatic heterocycles. The van der Waals surface area contributed by atoms with Crippen molar-refractivity contribution in [3.8, 4) is 0 Å². The number of fused-ring (bicyclic) bond motifs is 1. The largest absolute Gasteiger partial charge is 0.459 e. The summed E-state index contributed by atoms with van der Waals surface area (Å²) in [5, 5.41) is 14.9. The van der Waals surface area contributed by atoms with Gasteiger partial charge in [-0.1, -0.05) is 6.42 Å². The van der Waals surface area contributed by atoms with E-state index in [1.165, 1.54) is 24.0 Å². The van der Waals surface area contributed by atoms with Crippen molar-refractivity contribution in [2.24, 2.45) is 0 Å². The van der Waals surface area contributed by atoms with Gasteiger partial charge in [0, 0.05) is 25.9 Å². The van der Waals surface area contributed by atoms with Gasteiger partial charge in [0.2, 0.25) is 0 Å². The van der Waals surface area contributed by atoms with Crippen molar-refractivity contribution in [3.63, 3.8) is 0 Å². The van der Waals surface area contributed by atoms with E-state index >= 15 is 0 Å². The van der Waals surface area contributed by atoms with Crippen LogP contribution in [0.1, 0.15) is 56.7 Å². The van der Waals surface area contributed by atoms with Crippen molar-refractivity contribution in [2.75, 3.05) is 11.9 Å². The van der Waals surface area contributed by atoms with E-state index in [1.807, 2.05) is 6.92 Å². The van der Waals surface area contributed by atoms with Crippen molar-refractivity contribution in [2.45, 2.75) is 45.6 Å². The maximum absolute atomic E-state index is 12.6. The van der Waals surface area contributed by atoms with Gasteiger partial charge in [-0.05, 0) is 43.5 Å². The Balaban J connectivity index is 1.34. The number of rotatable bonds is 6. The summed E-state index contributed by atoms with van der Waals surface area (Å²) in [4.78, 5) is 25.3. The van der Waals surface area contributed by atoms with E-state index in [0.717, 1.165) is 43.0 Å². The van der Waals surface area contributed by atoms with Crippen LogP contribution in [0.3, 0.4) is 0 Å². The summed E-state index contributed by atoms with van der Waals surface area (Å²) in [5.74, 6) is 1.72. The van der Waals surface area contributed by atoms with Crippen LogP contribution in [-0.4, -0.2) is 33.1 Å². The number of anilines is 1. The number of carbonyl (C=O) groups excluding carboxylic acids is 2. The zero-order chi connectivity index (χ0) is 20.2. The number of carbonyl (C=O) groups is 2. The lowest BCUT2D eigenvalue weighted by atomic mass is 10.2. The molecule has 0 spiro atoms. The fourth-order valence-corrected chi connectivity index (χ4v) is 4.43. The van der Waals surface area contributed by atoms with Gasteiger partial charge < -0.3 is 19.6 Å². The maximum atomic E-state index is 12.6. The Morgan fingerprint density at radius 2 is 2.14 bits per heavy atom. The van der Waals surface area contributed by atoms with Crippen LogP contribution in [0.25, 0.3) is 0 Å². The molecule has 0 bridgehead atoms. The molecule has 0 saturated carbocycles. The zero-order valence-corrected chi connectivity index (χ0v) is 17.1. The van der Waals surface area contributed by atoms with Crippen molar-refractivity contribution in [1.29, 1.82) is 0 Å². The van der Waals surface area contributed by atoms with Crippen molar-refractivity contribution < 1.29 is 14.0 Å². The van der Waals surface area contributed by atoms with Crippen LogP contribution in [0, 0.1) is 6.92 Å². The van der Waals surface area contributed by atoms with Gasteiger partial charge in [0.15, 0.2) is 5.76 Å². The first-order valence-electron chi connectivity index (χ1n) is 9.76. The second kappa shape index (κ2) is 8.60. The first kappa shape index (κ1) is 19.4. The lowest BCUT2D eigenvalue weighted by molar-refractivity contribution is 0.0955. The summed E-state index contributed by atoms with van der Waals surface area (Å²) in [6, 6.07) is 5.04. The van der Waals surface area contributed by atoms with Crippen LogP contribution < -0.4 is 10.6 Å². The molecule has 2 N–H and O–H groups in total. The van der Waals surface area contributed by atoms with E-state index in [1.54, 1.807) is 18.2 Å². The smallest absolute Gasteiger partial charge is 0.291 e. The van der Waals surface area contributed by atoms with E-state index < -0.39 is 0 Å². The quantitative estimate of drug-likeness (QED) is 0.646. The number of nitrogens with one attached hydrogen (secondary N) is 2. The molecule has 1 aliphatic rings. The van der Waals surface area contributed by atoms with Crippen LogP contribution >= 0.6 is 11.3 Å². The molecule has 0 fully saturated rings. The van der Waals surface area contributed by atoms with Gasteiger partial charge in [-0.3, -0.25) is 9.59 Å². The summed E-state index contributed by atoms with van der Waals surface area (Å²) in [6.45, 7) is 3.29. The Hall–Kier alpha value is -2.94. The number of nitrogens with zero attached hydrogens (tertiary/aromatic N) is 3. The van der Waals surface area contributed by atoms with Gasteiger partial charge in [0.05, 0.1) is 16.1 Å². The van der Waals surface area contributed by atoms with Crippen molar-refractivity contribution >= 4 is 28.2 Å². The Labute approximate surface area is 172 Å². The number of furan rings is 1. The normalized spacial score (nSPS) is 13.6. The van der Waals surface area contributed by atoms with E-state index in [-0.39, 0.29) is 17.6 Å². The summed E-state index contributed by atoms with van der Waals surface area (Å²) in [7, 11) is 0. The van der Waals surface area contributed by atoms with E-state index in [0.29, 0.717) is 22.8 Å². The molecule has 0 aromatic carbocycles. The second-order valence-corrected chi connectivity index (χ2v) is 8.11. The van der Waals surface area contributed by atoms with Gasteiger partial charge in [0.1, 0.15) is 11.6 Å². The molecule has 0 unspecified atom stereocenters. The molecule has 4 heterocycles. The minimum Gasteiger partial charge on any atom is -0.459 e. The highest BCUT2D eigenvalue weighted by molar-refractivity contribution is 7.18. The summed E-state index contributed by atoms with van der Waals surface area (Å²) < 4.78 is 7.28. The fourth-order valence-electron chi connectivity index (χ4n) is 3.45. The molecule has 152 valence electrons. The highest BCUT2D eigenvalue weighted by Crippen LogP contribution is 2.27. The fraction of sp³-hybridized carbons (Fsp3) is 0.400. The van der Waals surface area contributed by atoms with E-state index in [9.17, 15) is 9.59 Å². The van der Waals surface area contributed by atoms with Gasteiger partial charge in [-0.25, -0.2) is 0 Å². The predicted octanol–water partition coefficient (Wildman–Crippen LogP) is 3.19. The number of amides is 2. The first-order chi connectivity index (χ1) is 14.1. The van der Waals surface area contributed by atoms with Crippen LogP contribution in [-0.2, 0) is 19.4 Å². The minimum atomic E-state index is -0.337. The molecule has 0 atom stereocenters. The third kappa shape index (κ3) is 4.40. The number of hydrogen-bond acceptors (Lipinski definition) is 6. The van der Waals surface area contributed by atoms with Gasteiger partial charge in [-0.2, -0.15) is 0 Å². The van der Waals surface area contributed by atoms with Gasteiger partial charge in [0.25, 0.3) is 11.8 Å². The topological polar surface area (TPSA) is 102 Å². The molecule has 2 amide bonds. The molecular weight excluding hydrogens is 390 g/mol. The highest BCUT2D eigenvalue weighted by atomic mass is 32.1. The summed E-state index contributed by atoms with van der Waals surface area (Å²) in [6.07, 6.45) is 6.58. The third-order valence-corrected chi connectivity index (χ3v) is 6.08. The highest BCUT2D eigenvalue weighted by Gasteiger charge is 2.18. The van der Waals surface area contributed by atoms with E-state index in [4.69, 9.17) is 4.42 Å². The van der Waals surface area contributed by atoms with Crippen molar-refractivity contribution in [3.05, 3.63) is 52.3 Å². The third-order valence-electron chi connectivity index (χ3n) is 4.93. The Bertz CT molecular complexity index is 1010. The molecule has 0 aliphatic carbocycles. The van der Waals surface area contributed by atoms with Crippen LogP contribution in [0.5, 0.6) is 0 Å². The van der Waals surface area contributed by atoms with Crippen molar-refractivity contribution in [1.82, 2.24) is 20.1 Å². The average Bonchev–Trinajstić information content (AvgIpc) is 3.40. The average molecular weight is 414 g/mol. The molecule has 0 radical (unpaired) electrons. The lowest BCUT2D eigenvalue weighted by Gasteiger charge is -2.07. The van der Waals surface area contributed by atoms with Crippen LogP contribution in [0.2, 0.25) is 0 Å². The lowest BCUT2D eigenvalue weighted by Crippen LogP contribution is -2.26. The van der Waals surface area contributed by atoms with Gasteiger partial charge >= 0.3 is 0 Å². The molecular formula is C20H23N5O3S. The minimum absolute atomic E-state index is 0.151. The molecule has 29 heavy (non-hydrogen) atoms. The maximum Gasteiger partial charge on any atom is 0.291 e. The second-order valence-electron chi connectivity index (χ2n) is 7.05. The number of thiophene rings is 1. The Morgan fingerprint density at radius 1 is 1.24 bits per heavy atom. The van der Waals surface area contributed by atoms with E-state index in [2.05, 4.69) is 25.4 Å². The SMILES string of the molecule is Cc1cc(NC(=O)c2ccco2)sc1C(=O)NCCc1nnc2n1CCCCC2. The molecule has 3 aromatic heterocycles. The summed E-state index contributed by atoms with van der Waals surface area (Å²) >= 11 is 1.25. The standard InChI is InChI=1S/C20H23N5O3S/c1-13-12-17(22-19(26)14-6-5-11-28-14)29-18(13)20(27)21-9-8-16-24-23-15-7-3-2-4-10-25(15)16/h5-6,11-12H,2-4,7-10H2,1H3,(H,21,27)(H,22,26). The number of aromatic nitrogens is 3. The number of hydrogen-bond donors (Lipinski definition) is 2. The zero-order valence-electron chi connectivity index (χ0n) is 16.2. The Kier molecular flexibility index (Phi) is 5.75. The molecule has 3 aromatic rings. The predicted molar refractivity (Wildman–Crippen MR) is 109 cm³/mol. The molecule has 9 heteroatoms.